The van der Waals surface area contributed by atoms with Crippen molar-refractivity contribution in [2.75, 3.05) is 0 Å². The molecular weight excluding hydrogens is 180 g/mol. The summed E-state index contributed by atoms with van der Waals surface area (Å²) in [5.41, 5.74) is 3.85. The van der Waals surface area contributed by atoms with Gasteiger partial charge in [0.2, 0.25) is 0 Å². The van der Waals surface area contributed by atoms with Gasteiger partial charge in [0.25, 0.3) is 0 Å². The van der Waals surface area contributed by atoms with Gasteiger partial charge in [0.15, 0.2) is 0 Å². The number of hydrogen-bond donors (Lipinski definition) is 0. The van der Waals surface area contributed by atoms with Crippen molar-refractivity contribution in [2.45, 2.75) is 6.42 Å². The zero-order valence-corrected chi connectivity index (χ0v) is 8.53. The van der Waals surface area contributed by atoms with E-state index in [2.05, 4.69) is 55.1 Å². The van der Waals surface area contributed by atoms with E-state index >= 15 is 0 Å². The summed E-state index contributed by atoms with van der Waals surface area (Å²) >= 11 is 0. The molecule has 2 aromatic carbocycles. The van der Waals surface area contributed by atoms with Crippen LogP contribution in [-0.4, -0.2) is 0 Å². The highest BCUT2D eigenvalue weighted by molar-refractivity contribution is 5.92. The Morgan fingerprint density at radius 2 is 1.87 bits per heavy atom. The quantitative estimate of drug-likeness (QED) is 0.592. The van der Waals surface area contributed by atoms with Crippen molar-refractivity contribution in [1.82, 2.24) is 0 Å². The van der Waals surface area contributed by atoms with Gasteiger partial charge in [-0.3, -0.25) is 0 Å². The lowest BCUT2D eigenvalue weighted by molar-refractivity contribution is 1.26. The van der Waals surface area contributed by atoms with Crippen molar-refractivity contribution < 1.29 is 0 Å². The van der Waals surface area contributed by atoms with Crippen LogP contribution in [0.4, 0.5) is 0 Å². The molecule has 72 valence electrons. The largest absolute Gasteiger partial charge is 0.0912 e. The van der Waals surface area contributed by atoms with E-state index in [4.69, 9.17) is 0 Å². The summed E-state index contributed by atoms with van der Waals surface area (Å²) in [4.78, 5) is 0. The Morgan fingerprint density at radius 1 is 1.00 bits per heavy atom. The first-order valence-corrected chi connectivity index (χ1v) is 5.23. The molecule has 0 unspecified atom stereocenters. The summed E-state index contributed by atoms with van der Waals surface area (Å²) in [7, 11) is 0. The van der Waals surface area contributed by atoms with Gasteiger partial charge in [-0.1, -0.05) is 55.1 Å². The summed E-state index contributed by atoms with van der Waals surface area (Å²) < 4.78 is 0. The summed E-state index contributed by atoms with van der Waals surface area (Å²) in [5.74, 6) is 0. The lowest BCUT2D eigenvalue weighted by Gasteiger charge is -2.15. The van der Waals surface area contributed by atoms with E-state index in [-0.39, 0.29) is 0 Å². The second-order valence-corrected chi connectivity index (χ2v) is 3.94. The number of hydrogen-bond acceptors (Lipinski definition) is 0. The van der Waals surface area contributed by atoms with Gasteiger partial charge in [-0.15, -0.1) is 0 Å². The van der Waals surface area contributed by atoms with Crippen LogP contribution < -0.4 is 0 Å². The van der Waals surface area contributed by atoms with E-state index in [0.29, 0.717) is 0 Å². The third-order valence-electron chi connectivity index (χ3n) is 3.03. The zero-order valence-electron chi connectivity index (χ0n) is 8.53. The van der Waals surface area contributed by atoms with Crippen LogP contribution in [0.2, 0.25) is 0 Å². The van der Waals surface area contributed by atoms with Gasteiger partial charge in [0.1, 0.15) is 0 Å². The fourth-order valence-corrected chi connectivity index (χ4v) is 2.27. The number of rotatable bonds is 0. The Balaban J connectivity index is 2.41. The minimum Gasteiger partial charge on any atom is -0.0912 e. The van der Waals surface area contributed by atoms with E-state index in [1.54, 1.807) is 0 Å². The predicted octanol–water partition coefficient (Wildman–Crippen LogP) is 3.97. The van der Waals surface area contributed by atoms with E-state index in [0.717, 1.165) is 12.0 Å². The van der Waals surface area contributed by atoms with Crippen molar-refractivity contribution >= 4 is 16.3 Å². The Morgan fingerprint density at radius 3 is 2.80 bits per heavy atom. The van der Waals surface area contributed by atoms with Crippen molar-refractivity contribution in [3.63, 3.8) is 0 Å². The lowest BCUT2D eigenvalue weighted by Crippen LogP contribution is -1.96. The maximum absolute atomic E-state index is 4.08. The highest BCUT2D eigenvalue weighted by atomic mass is 14.1. The molecule has 0 nitrogen and oxygen atoms in total. The average molecular weight is 192 g/mol. The first-order chi connectivity index (χ1) is 7.36. The average Bonchev–Trinajstić information content (AvgIpc) is 2.29. The Hall–Kier alpha value is -1.82. The fourth-order valence-electron chi connectivity index (χ4n) is 2.27. The van der Waals surface area contributed by atoms with E-state index in [1.165, 1.54) is 21.9 Å². The van der Waals surface area contributed by atoms with Gasteiger partial charge in [-0.05, 0) is 33.9 Å². The number of fused-ring (bicyclic) bond motifs is 3. The molecule has 1 aliphatic carbocycles. The lowest BCUT2D eigenvalue weighted by atomic mass is 9.89. The molecule has 2 aromatic rings. The summed E-state index contributed by atoms with van der Waals surface area (Å²) in [6.45, 7) is 4.08. The molecule has 0 aliphatic heterocycles. The Bertz CT molecular complexity index is 574. The molecule has 1 aliphatic rings. The molecule has 0 heterocycles. The molecule has 0 bridgehead atoms. The molecule has 0 heteroatoms. The normalized spacial score (nSPS) is 14.3. The van der Waals surface area contributed by atoms with E-state index < -0.39 is 0 Å². The van der Waals surface area contributed by atoms with Crippen molar-refractivity contribution in [3.8, 4) is 0 Å². The van der Waals surface area contributed by atoms with Crippen LogP contribution in [0.5, 0.6) is 0 Å². The van der Waals surface area contributed by atoms with Crippen LogP contribution in [0.15, 0.2) is 55.1 Å². The van der Waals surface area contributed by atoms with Crippen molar-refractivity contribution in [2.24, 2.45) is 0 Å². The maximum atomic E-state index is 4.08. The molecular formula is C15H12. The van der Waals surface area contributed by atoms with Crippen molar-refractivity contribution in [1.29, 1.82) is 0 Å². The van der Waals surface area contributed by atoms with E-state index in [9.17, 15) is 0 Å². The molecule has 3 rings (SSSR count). The first kappa shape index (κ1) is 8.49. The zero-order chi connectivity index (χ0) is 10.3. The molecule has 0 radical (unpaired) electrons. The highest BCUT2D eigenvalue weighted by Crippen LogP contribution is 2.30. The monoisotopic (exact) mass is 192 g/mol. The fraction of sp³-hybridized carbons (Fsp3) is 0.0667. The van der Waals surface area contributed by atoms with Gasteiger partial charge < -0.3 is 0 Å². The van der Waals surface area contributed by atoms with Crippen LogP contribution in [-0.2, 0) is 6.42 Å². The maximum Gasteiger partial charge on any atom is -0.00818 e. The molecule has 0 fully saturated rings. The topological polar surface area (TPSA) is 0 Å². The first-order valence-electron chi connectivity index (χ1n) is 5.23. The SMILES string of the molecule is C=C1C=CCc2c1ccc1ccccc21. The van der Waals surface area contributed by atoms with Crippen LogP contribution in [0.25, 0.3) is 16.3 Å². The van der Waals surface area contributed by atoms with Crippen LogP contribution in [0.3, 0.4) is 0 Å². The van der Waals surface area contributed by atoms with Gasteiger partial charge in [0, 0.05) is 0 Å². The Labute approximate surface area is 89.6 Å². The summed E-state index contributed by atoms with van der Waals surface area (Å²) in [6, 6.07) is 12.9. The minimum absolute atomic E-state index is 1.02. The number of allylic oxidation sites excluding steroid dienone is 3. The molecule has 0 aromatic heterocycles. The molecule has 0 atom stereocenters. The van der Waals surface area contributed by atoms with Gasteiger partial charge in [-0.2, -0.15) is 0 Å². The van der Waals surface area contributed by atoms with Crippen LogP contribution >= 0.6 is 0 Å². The van der Waals surface area contributed by atoms with Gasteiger partial charge >= 0.3 is 0 Å². The molecule has 15 heavy (non-hydrogen) atoms. The third-order valence-corrected chi connectivity index (χ3v) is 3.03. The number of benzene rings is 2. The van der Waals surface area contributed by atoms with Crippen LogP contribution in [0.1, 0.15) is 11.1 Å². The third kappa shape index (κ3) is 1.22. The predicted molar refractivity (Wildman–Crippen MR) is 65.8 cm³/mol. The van der Waals surface area contributed by atoms with Crippen molar-refractivity contribution in [3.05, 3.63) is 66.3 Å². The summed E-state index contributed by atoms with van der Waals surface area (Å²) in [6.07, 6.45) is 5.32. The molecule has 0 saturated heterocycles. The molecule has 0 saturated carbocycles. The second-order valence-electron chi connectivity index (χ2n) is 3.94. The molecule has 0 spiro atoms. The van der Waals surface area contributed by atoms with Gasteiger partial charge in [-0.25, -0.2) is 0 Å². The Kier molecular flexibility index (Phi) is 1.75. The standard InChI is InChI=1S/C15H12/c1-11-5-4-8-15-13(11)10-9-12-6-2-3-7-14(12)15/h2-7,9-10H,1,8H2. The van der Waals surface area contributed by atoms with Gasteiger partial charge in [0.05, 0.1) is 0 Å². The van der Waals surface area contributed by atoms with E-state index in [1.807, 2.05) is 0 Å². The highest BCUT2D eigenvalue weighted by Gasteiger charge is 2.10. The van der Waals surface area contributed by atoms with Crippen LogP contribution in [0, 0.1) is 0 Å². The second kappa shape index (κ2) is 3.09. The smallest absolute Gasteiger partial charge is 0.00818 e. The molecule has 0 N–H and O–H groups in total. The minimum atomic E-state index is 1.02. The molecule has 0 amide bonds. The summed E-state index contributed by atoms with van der Waals surface area (Å²) in [5, 5.41) is 2.68.